The van der Waals surface area contributed by atoms with Crippen molar-refractivity contribution in [3.63, 3.8) is 0 Å². The molecular formula is C13H13N3O2. The molecule has 92 valence electrons. The molecule has 3 N–H and O–H groups in total. The predicted octanol–water partition coefficient (Wildman–Crippen LogP) is 1.92. The van der Waals surface area contributed by atoms with E-state index in [1.807, 2.05) is 0 Å². The van der Waals surface area contributed by atoms with Crippen LogP contribution < -0.4 is 15.8 Å². The monoisotopic (exact) mass is 243 g/mol. The van der Waals surface area contributed by atoms with E-state index in [4.69, 9.17) is 10.5 Å². The summed E-state index contributed by atoms with van der Waals surface area (Å²) < 4.78 is 5.04. The van der Waals surface area contributed by atoms with Gasteiger partial charge in [0.25, 0.3) is 5.91 Å². The molecule has 0 saturated carbocycles. The molecule has 1 heterocycles. The number of pyridine rings is 1. The molecule has 0 aliphatic heterocycles. The van der Waals surface area contributed by atoms with Crippen molar-refractivity contribution >= 4 is 17.4 Å². The highest BCUT2D eigenvalue weighted by molar-refractivity contribution is 6.04. The minimum Gasteiger partial charge on any atom is -0.497 e. The minimum atomic E-state index is -0.228. The summed E-state index contributed by atoms with van der Waals surface area (Å²) in [7, 11) is 1.59. The molecule has 1 amide bonds. The molecule has 0 fully saturated rings. The number of ether oxygens (including phenoxy) is 1. The van der Waals surface area contributed by atoms with E-state index in [0.717, 1.165) is 5.75 Å². The number of nitrogens with one attached hydrogen (secondary N) is 1. The Morgan fingerprint density at radius 2 is 2.00 bits per heavy atom. The number of benzene rings is 1. The van der Waals surface area contributed by atoms with Gasteiger partial charge in [-0.1, -0.05) is 0 Å². The predicted molar refractivity (Wildman–Crippen MR) is 69.6 cm³/mol. The molecule has 0 spiro atoms. The van der Waals surface area contributed by atoms with Crippen LogP contribution in [-0.2, 0) is 0 Å². The second kappa shape index (κ2) is 5.18. The Balaban J connectivity index is 2.11. The molecule has 0 bridgehead atoms. The Bertz CT molecular complexity index is 552. The SMILES string of the molecule is COc1ccc(NC(=O)c2ccnc(N)c2)cc1. The molecule has 0 unspecified atom stereocenters. The highest BCUT2D eigenvalue weighted by atomic mass is 16.5. The summed E-state index contributed by atoms with van der Waals surface area (Å²) in [6, 6.07) is 10.2. The molecule has 18 heavy (non-hydrogen) atoms. The van der Waals surface area contributed by atoms with Gasteiger partial charge in [0.2, 0.25) is 0 Å². The smallest absolute Gasteiger partial charge is 0.255 e. The third-order valence-electron chi connectivity index (χ3n) is 2.39. The van der Waals surface area contributed by atoms with E-state index in [9.17, 15) is 4.79 Å². The summed E-state index contributed by atoms with van der Waals surface area (Å²) in [6.07, 6.45) is 1.50. The molecule has 2 aromatic rings. The normalized spacial score (nSPS) is 9.83. The van der Waals surface area contributed by atoms with Crippen molar-refractivity contribution in [3.05, 3.63) is 48.2 Å². The van der Waals surface area contributed by atoms with E-state index in [1.165, 1.54) is 12.3 Å². The van der Waals surface area contributed by atoms with Crippen LogP contribution in [0.2, 0.25) is 0 Å². The molecule has 0 aliphatic carbocycles. The van der Waals surface area contributed by atoms with Gasteiger partial charge in [-0.3, -0.25) is 4.79 Å². The van der Waals surface area contributed by atoms with E-state index in [-0.39, 0.29) is 5.91 Å². The number of hydrogen-bond acceptors (Lipinski definition) is 4. The molecule has 0 atom stereocenters. The fraction of sp³-hybridized carbons (Fsp3) is 0.0769. The van der Waals surface area contributed by atoms with Crippen LogP contribution >= 0.6 is 0 Å². The first-order chi connectivity index (χ1) is 8.69. The zero-order chi connectivity index (χ0) is 13.0. The topological polar surface area (TPSA) is 77.2 Å². The summed E-state index contributed by atoms with van der Waals surface area (Å²) in [5.41, 5.74) is 6.68. The summed E-state index contributed by atoms with van der Waals surface area (Å²) >= 11 is 0. The van der Waals surface area contributed by atoms with Crippen molar-refractivity contribution in [1.82, 2.24) is 4.98 Å². The van der Waals surface area contributed by atoms with E-state index >= 15 is 0 Å². The number of rotatable bonds is 3. The van der Waals surface area contributed by atoms with Crippen molar-refractivity contribution in [1.29, 1.82) is 0 Å². The van der Waals surface area contributed by atoms with Gasteiger partial charge in [0.05, 0.1) is 7.11 Å². The maximum atomic E-state index is 11.9. The lowest BCUT2D eigenvalue weighted by atomic mass is 10.2. The van der Waals surface area contributed by atoms with Crippen molar-refractivity contribution in [2.45, 2.75) is 0 Å². The van der Waals surface area contributed by atoms with Gasteiger partial charge in [0, 0.05) is 17.4 Å². The van der Waals surface area contributed by atoms with E-state index in [2.05, 4.69) is 10.3 Å². The first-order valence-electron chi connectivity index (χ1n) is 5.36. The van der Waals surface area contributed by atoms with Crippen LogP contribution in [0.15, 0.2) is 42.6 Å². The first kappa shape index (κ1) is 11.9. The van der Waals surface area contributed by atoms with Gasteiger partial charge in [0.15, 0.2) is 0 Å². The highest BCUT2D eigenvalue weighted by Gasteiger charge is 2.06. The summed E-state index contributed by atoms with van der Waals surface area (Å²) in [6.45, 7) is 0. The Kier molecular flexibility index (Phi) is 3.43. The van der Waals surface area contributed by atoms with Gasteiger partial charge < -0.3 is 15.8 Å². The molecule has 0 aliphatic rings. The number of methoxy groups -OCH3 is 1. The Morgan fingerprint density at radius 1 is 1.28 bits per heavy atom. The van der Waals surface area contributed by atoms with Gasteiger partial charge in [-0.05, 0) is 36.4 Å². The van der Waals surface area contributed by atoms with Gasteiger partial charge in [0.1, 0.15) is 11.6 Å². The largest absolute Gasteiger partial charge is 0.497 e. The van der Waals surface area contributed by atoms with Crippen LogP contribution in [0.4, 0.5) is 11.5 Å². The van der Waals surface area contributed by atoms with Crippen molar-refractivity contribution in [2.75, 3.05) is 18.2 Å². The number of anilines is 2. The maximum Gasteiger partial charge on any atom is 0.255 e. The van der Waals surface area contributed by atoms with Gasteiger partial charge >= 0.3 is 0 Å². The van der Waals surface area contributed by atoms with Crippen LogP contribution in [0, 0.1) is 0 Å². The van der Waals surface area contributed by atoms with Crippen molar-refractivity contribution < 1.29 is 9.53 Å². The molecular weight excluding hydrogens is 230 g/mol. The Labute approximate surface area is 105 Å². The fourth-order valence-electron chi connectivity index (χ4n) is 1.47. The van der Waals surface area contributed by atoms with Gasteiger partial charge in [-0.2, -0.15) is 0 Å². The van der Waals surface area contributed by atoms with Crippen LogP contribution in [0.1, 0.15) is 10.4 Å². The lowest BCUT2D eigenvalue weighted by Gasteiger charge is -2.06. The molecule has 5 heteroatoms. The summed E-state index contributed by atoms with van der Waals surface area (Å²) in [5.74, 6) is 0.827. The van der Waals surface area contributed by atoms with Crippen molar-refractivity contribution in [3.8, 4) is 5.75 Å². The number of nitrogens with zero attached hydrogens (tertiary/aromatic N) is 1. The number of amides is 1. The minimum absolute atomic E-state index is 0.228. The zero-order valence-electron chi connectivity index (χ0n) is 9.88. The Morgan fingerprint density at radius 3 is 2.61 bits per heavy atom. The standard InChI is InChI=1S/C13H13N3O2/c1-18-11-4-2-10(3-5-11)16-13(17)9-6-7-15-12(14)8-9/h2-8H,1H3,(H2,14,15)(H,16,17). The zero-order valence-corrected chi connectivity index (χ0v) is 9.88. The molecule has 2 rings (SSSR count). The first-order valence-corrected chi connectivity index (χ1v) is 5.36. The second-order valence-electron chi connectivity index (χ2n) is 3.65. The quantitative estimate of drug-likeness (QED) is 0.863. The fourth-order valence-corrected chi connectivity index (χ4v) is 1.47. The van der Waals surface area contributed by atoms with E-state index in [1.54, 1.807) is 37.4 Å². The maximum absolute atomic E-state index is 11.9. The average Bonchev–Trinajstić information content (AvgIpc) is 2.39. The number of nitrogen functional groups attached to an aromatic ring is 1. The molecule has 1 aromatic carbocycles. The number of carbonyl (C=O) groups is 1. The summed E-state index contributed by atoms with van der Waals surface area (Å²) in [4.78, 5) is 15.7. The van der Waals surface area contributed by atoms with Crippen LogP contribution in [0.5, 0.6) is 5.75 Å². The third kappa shape index (κ3) is 2.76. The lowest BCUT2D eigenvalue weighted by molar-refractivity contribution is 0.102. The number of hydrogen-bond donors (Lipinski definition) is 2. The van der Waals surface area contributed by atoms with Gasteiger partial charge in [-0.15, -0.1) is 0 Å². The van der Waals surface area contributed by atoms with Gasteiger partial charge in [-0.25, -0.2) is 4.98 Å². The molecule has 0 saturated heterocycles. The average molecular weight is 243 g/mol. The summed E-state index contributed by atoms with van der Waals surface area (Å²) in [5, 5.41) is 2.76. The second-order valence-corrected chi connectivity index (χ2v) is 3.65. The number of nitrogens with two attached hydrogens (primary N) is 1. The van der Waals surface area contributed by atoms with E-state index < -0.39 is 0 Å². The van der Waals surface area contributed by atoms with Crippen LogP contribution in [0.3, 0.4) is 0 Å². The number of aromatic nitrogens is 1. The number of carbonyl (C=O) groups excluding carboxylic acids is 1. The molecule has 1 aromatic heterocycles. The Hall–Kier alpha value is -2.56. The van der Waals surface area contributed by atoms with Crippen molar-refractivity contribution in [2.24, 2.45) is 0 Å². The third-order valence-corrected chi connectivity index (χ3v) is 2.39. The van der Waals surface area contributed by atoms with E-state index in [0.29, 0.717) is 17.1 Å². The lowest BCUT2D eigenvalue weighted by Crippen LogP contribution is -2.12. The van der Waals surface area contributed by atoms with Crippen LogP contribution in [0.25, 0.3) is 0 Å². The highest BCUT2D eigenvalue weighted by Crippen LogP contribution is 2.16. The van der Waals surface area contributed by atoms with Crippen LogP contribution in [-0.4, -0.2) is 18.0 Å². The molecule has 0 radical (unpaired) electrons. The molecule has 5 nitrogen and oxygen atoms in total.